The number of amides is 1. The Morgan fingerprint density at radius 1 is 1.10 bits per heavy atom. The highest BCUT2D eigenvalue weighted by molar-refractivity contribution is 5.78. The van der Waals surface area contributed by atoms with Crippen LogP contribution >= 0.6 is 0 Å². The lowest BCUT2D eigenvalue weighted by molar-refractivity contribution is -0.131. The summed E-state index contributed by atoms with van der Waals surface area (Å²) in [6.45, 7) is 1.39. The number of likely N-dealkylation sites (tertiary alicyclic amines) is 1. The maximum atomic E-state index is 12.6. The van der Waals surface area contributed by atoms with E-state index in [1.165, 1.54) is 10.6 Å². The molecule has 1 aliphatic heterocycles. The number of benzene rings is 1. The van der Waals surface area contributed by atoms with Crippen molar-refractivity contribution in [2.45, 2.75) is 25.3 Å². The lowest BCUT2D eigenvalue weighted by Gasteiger charge is -2.33. The van der Waals surface area contributed by atoms with E-state index in [-0.39, 0.29) is 17.5 Å². The van der Waals surface area contributed by atoms with Crippen molar-refractivity contribution in [2.75, 3.05) is 18.4 Å². The molecular weight excluding hydrogens is 378 g/mol. The molecule has 30 heavy (non-hydrogen) atoms. The van der Waals surface area contributed by atoms with Crippen LogP contribution in [0.2, 0.25) is 0 Å². The van der Waals surface area contributed by atoms with Crippen LogP contribution in [0.15, 0.2) is 65.7 Å². The van der Waals surface area contributed by atoms with Crippen molar-refractivity contribution < 1.29 is 4.79 Å². The summed E-state index contributed by atoms with van der Waals surface area (Å²) in [5, 5.41) is 3.41. The van der Waals surface area contributed by atoms with E-state index in [2.05, 4.69) is 15.3 Å². The Morgan fingerprint density at radius 2 is 1.80 bits per heavy atom. The number of aromatic nitrogens is 3. The number of rotatable bonds is 5. The van der Waals surface area contributed by atoms with E-state index in [0.717, 1.165) is 24.0 Å². The first-order valence-corrected chi connectivity index (χ1v) is 10.2. The fourth-order valence-electron chi connectivity index (χ4n) is 3.68. The first-order chi connectivity index (χ1) is 14.6. The Bertz CT molecular complexity index is 1060. The Hall–Kier alpha value is -3.48. The van der Waals surface area contributed by atoms with Crippen LogP contribution in [0.4, 0.5) is 5.95 Å². The number of carbonyl (C=O) groups excluding carboxylic acids is 1. The van der Waals surface area contributed by atoms with Crippen molar-refractivity contribution in [3.05, 3.63) is 76.8 Å². The van der Waals surface area contributed by atoms with Crippen LogP contribution in [-0.4, -0.2) is 44.5 Å². The minimum atomic E-state index is -0.116. The van der Waals surface area contributed by atoms with E-state index in [1.807, 2.05) is 47.4 Å². The van der Waals surface area contributed by atoms with Crippen molar-refractivity contribution in [2.24, 2.45) is 7.05 Å². The third-order valence-corrected chi connectivity index (χ3v) is 5.49. The summed E-state index contributed by atoms with van der Waals surface area (Å²) in [5.41, 5.74) is 2.40. The lowest BCUT2D eigenvalue weighted by atomic mass is 10.0. The number of hydrogen-bond acceptors (Lipinski definition) is 5. The van der Waals surface area contributed by atoms with Crippen LogP contribution in [0.5, 0.6) is 0 Å². The zero-order chi connectivity index (χ0) is 20.9. The highest BCUT2D eigenvalue weighted by Crippen LogP contribution is 2.19. The van der Waals surface area contributed by atoms with Gasteiger partial charge in [-0.1, -0.05) is 30.3 Å². The number of piperidine rings is 1. The minimum Gasteiger partial charge on any atom is -0.353 e. The van der Waals surface area contributed by atoms with E-state index in [1.54, 1.807) is 19.4 Å². The van der Waals surface area contributed by atoms with Gasteiger partial charge in [-0.25, -0.2) is 4.98 Å². The first kappa shape index (κ1) is 19.8. The molecule has 3 aromatic rings. The standard InChI is InChI=1S/C23H25N5O2/c1-27-21(29)16-20(18-7-11-24-12-8-18)26-23(27)25-19-9-13-28(14-10-19)22(30)15-17-5-3-2-4-6-17/h2-8,11-12,16,19H,9-10,13-15H2,1H3,(H,25,26). The molecule has 1 amide bonds. The topological polar surface area (TPSA) is 80.1 Å². The molecule has 0 bridgehead atoms. The summed E-state index contributed by atoms with van der Waals surface area (Å²) in [5.74, 6) is 0.702. The van der Waals surface area contributed by atoms with Crippen LogP contribution < -0.4 is 10.9 Å². The van der Waals surface area contributed by atoms with Gasteiger partial charge >= 0.3 is 0 Å². The number of pyridine rings is 1. The van der Waals surface area contributed by atoms with Crippen LogP contribution in [0.1, 0.15) is 18.4 Å². The van der Waals surface area contributed by atoms with Crippen molar-refractivity contribution in [3.63, 3.8) is 0 Å². The molecular formula is C23H25N5O2. The van der Waals surface area contributed by atoms with Gasteiger partial charge in [0, 0.05) is 50.2 Å². The predicted molar refractivity (Wildman–Crippen MR) is 116 cm³/mol. The summed E-state index contributed by atoms with van der Waals surface area (Å²) >= 11 is 0. The van der Waals surface area contributed by atoms with Crippen molar-refractivity contribution in [1.82, 2.24) is 19.4 Å². The average Bonchev–Trinajstić information content (AvgIpc) is 2.78. The summed E-state index contributed by atoms with van der Waals surface area (Å²) < 4.78 is 1.53. The number of nitrogens with one attached hydrogen (secondary N) is 1. The quantitative estimate of drug-likeness (QED) is 0.708. The smallest absolute Gasteiger partial charge is 0.255 e. The number of carbonyl (C=O) groups is 1. The van der Waals surface area contributed by atoms with Gasteiger partial charge in [-0.05, 0) is 30.5 Å². The maximum Gasteiger partial charge on any atom is 0.255 e. The molecule has 1 N–H and O–H groups in total. The largest absolute Gasteiger partial charge is 0.353 e. The molecule has 1 saturated heterocycles. The summed E-state index contributed by atoms with van der Waals surface area (Å²) in [4.78, 5) is 35.6. The number of nitrogens with zero attached hydrogens (tertiary/aromatic N) is 4. The van der Waals surface area contributed by atoms with Gasteiger partial charge in [-0.2, -0.15) is 0 Å². The molecule has 0 saturated carbocycles. The molecule has 7 heteroatoms. The van der Waals surface area contributed by atoms with E-state index in [0.29, 0.717) is 31.2 Å². The molecule has 0 radical (unpaired) electrons. The summed E-state index contributed by atoms with van der Waals surface area (Å²) in [7, 11) is 1.71. The second-order valence-electron chi connectivity index (χ2n) is 7.56. The fraction of sp³-hybridized carbons (Fsp3) is 0.304. The summed E-state index contributed by atoms with van der Waals surface area (Å²) in [6.07, 6.45) is 5.43. The van der Waals surface area contributed by atoms with Crippen LogP contribution in [0.3, 0.4) is 0 Å². The molecule has 154 valence electrons. The van der Waals surface area contributed by atoms with Gasteiger partial charge in [0.15, 0.2) is 0 Å². The summed E-state index contributed by atoms with van der Waals surface area (Å²) in [6, 6.07) is 15.2. The van der Waals surface area contributed by atoms with Crippen molar-refractivity contribution in [1.29, 1.82) is 0 Å². The van der Waals surface area contributed by atoms with Crippen LogP contribution in [-0.2, 0) is 18.3 Å². The maximum absolute atomic E-state index is 12.6. The highest BCUT2D eigenvalue weighted by Gasteiger charge is 2.23. The number of hydrogen-bond donors (Lipinski definition) is 1. The molecule has 0 unspecified atom stereocenters. The third kappa shape index (κ3) is 4.56. The number of anilines is 1. The zero-order valence-electron chi connectivity index (χ0n) is 17.0. The molecule has 3 heterocycles. The SMILES string of the molecule is Cn1c(NC2CCN(C(=O)Cc3ccccc3)CC2)nc(-c2ccncc2)cc1=O. The molecule has 0 spiro atoms. The lowest BCUT2D eigenvalue weighted by Crippen LogP contribution is -2.43. The zero-order valence-corrected chi connectivity index (χ0v) is 17.0. The van der Waals surface area contributed by atoms with Gasteiger partial charge in [-0.15, -0.1) is 0 Å². The third-order valence-electron chi connectivity index (χ3n) is 5.49. The molecule has 1 aromatic carbocycles. The monoisotopic (exact) mass is 403 g/mol. The molecule has 4 rings (SSSR count). The second kappa shape index (κ2) is 8.90. The minimum absolute atomic E-state index is 0.116. The normalized spacial score (nSPS) is 14.5. The fourth-order valence-corrected chi connectivity index (χ4v) is 3.68. The Labute approximate surface area is 175 Å². The van der Waals surface area contributed by atoms with E-state index in [4.69, 9.17) is 0 Å². The van der Waals surface area contributed by atoms with E-state index >= 15 is 0 Å². The Morgan fingerprint density at radius 3 is 2.50 bits per heavy atom. The van der Waals surface area contributed by atoms with E-state index in [9.17, 15) is 9.59 Å². The molecule has 0 atom stereocenters. The van der Waals surface area contributed by atoms with Gasteiger partial charge in [0.25, 0.3) is 5.56 Å². The van der Waals surface area contributed by atoms with Gasteiger partial charge < -0.3 is 10.2 Å². The Balaban J connectivity index is 1.40. The van der Waals surface area contributed by atoms with Gasteiger partial charge in [0.05, 0.1) is 12.1 Å². The molecule has 0 aliphatic carbocycles. The molecule has 1 aliphatic rings. The average molecular weight is 403 g/mol. The molecule has 1 fully saturated rings. The van der Waals surface area contributed by atoms with E-state index < -0.39 is 0 Å². The van der Waals surface area contributed by atoms with Crippen LogP contribution in [0, 0.1) is 0 Å². The Kier molecular flexibility index (Phi) is 5.88. The first-order valence-electron chi connectivity index (χ1n) is 10.2. The van der Waals surface area contributed by atoms with Gasteiger partial charge in [0.1, 0.15) is 0 Å². The van der Waals surface area contributed by atoms with Gasteiger partial charge in [-0.3, -0.25) is 19.1 Å². The highest BCUT2D eigenvalue weighted by atomic mass is 16.2. The predicted octanol–water partition coefficient (Wildman–Crippen LogP) is 2.49. The molecule has 2 aromatic heterocycles. The van der Waals surface area contributed by atoms with Gasteiger partial charge in [0.2, 0.25) is 11.9 Å². The van der Waals surface area contributed by atoms with Crippen LogP contribution in [0.25, 0.3) is 11.3 Å². The van der Waals surface area contributed by atoms with Crippen molar-refractivity contribution in [3.8, 4) is 11.3 Å². The molecule has 7 nitrogen and oxygen atoms in total. The van der Waals surface area contributed by atoms with Crippen molar-refractivity contribution >= 4 is 11.9 Å². The second-order valence-corrected chi connectivity index (χ2v) is 7.56.